The first-order valence-corrected chi connectivity index (χ1v) is 10.2. The highest BCUT2D eigenvalue weighted by atomic mass is 32.2. The molecule has 3 aromatic carbocycles. The van der Waals surface area contributed by atoms with E-state index in [4.69, 9.17) is 4.74 Å². The molecule has 4 aromatic rings. The molecule has 0 saturated carbocycles. The number of aromatic nitrogens is 2. The maximum atomic E-state index is 14.1. The van der Waals surface area contributed by atoms with E-state index >= 15 is 0 Å². The Morgan fingerprint density at radius 2 is 1.68 bits per heavy atom. The number of para-hydroxylation sites is 2. The molecule has 0 saturated heterocycles. The van der Waals surface area contributed by atoms with Crippen LogP contribution in [0.5, 0.6) is 5.75 Å². The van der Waals surface area contributed by atoms with E-state index < -0.39 is 34.0 Å². The van der Waals surface area contributed by atoms with Crippen molar-refractivity contribution in [3.05, 3.63) is 83.7 Å². The number of carbonyl (C=O) groups is 1. The van der Waals surface area contributed by atoms with Gasteiger partial charge in [-0.05, 0) is 43.3 Å². The fourth-order valence-corrected chi connectivity index (χ4v) is 4.26. The van der Waals surface area contributed by atoms with E-state index in [1.54, 1.807) is 19.2 Å². The Bertz CT molecular complexity index is 1250. The summed E-state index contributed by atoms with van der Waals surface area (Å²) in [4.78, 5) is 17.4. The largest absolute Gasteiger partial charge is 0.497 e. The number of halogens is 3. The molecule has 0 aliphatic heterocycles. The summed E-state index contributed by atoms with van der Waals surface area (Å²) in [5.41, 5.74) is 1.55. The first-order valence-electron chi connectivity index (χ1n) is 9.36. The number of fused-ring (bicyclic) bond motifs is 1. The van der Waals surface area contributed by atoms with E-state index in [9.17, 15) is 18.0 Å². The Balaban J connectivity index is 1.74. The summed E-state index contributed by atoms with van der Waals surface area (Å²) in [5.74, 6) is -3.62. The second-order valence-electron chi connectivity index (χ2n) is 6.79. The zero-order valence-corrected chi connectivity index (χ0v) is 17.4. The van der Waals surface area contributed by atoms with Crippen LogP contribution in [0.15, 0.2) is 65.8 Å². The lowest BCUT2D eigenvalue weighted by molar-refractivity contribution is 0.0985. The van der Waals surface area contributed by atoms with Crippen molar-refractivity contribution >= 4 is 28.6 Å². The molecule has 1 atom stereocenters. The van der Waals surface area contributed by atoms with Gasteiger partial charge in [-0.3, -0.25) is 9.36 Å². The van der Waals surface area contributed by atoms with Crippen LogP contribution in [0.3, 0.4) is 0 Å². The highest BCUT2D eigenvalue weighted by Crippen LogP contribution is 2.33. The average molecular weight is 442 g/mol. The summed E-state index contributed by atoms with van der Waals surface area (Å²) in [6.45, 7) is 1.53. The topological polar surface area (TPSA) is 44.1 Å². The third kappa shape index (κ3) is 4.03. The molecule has 4 rings (SSSR count). The highest BCUT2D eigenvalue weighted by molar-refractivity contribution is 8.00. The first-order chi connectivity index (χ1) is 14.9. The Labute approximate surface area is 180 Å². The third-order valence-corrected chi connectivity index (χ3v) is 5.82. The Morgan fingerprint density at radius 3 is 2.32 bits per heavy atom. The lowest BCUT2D eigenvalue weighted by Crippen LogP contribution is -2.18. The molecule has 31 heavy (non-hydrogen) atoms. The molecule has 0 aliphatic rings. The fraction of sp³-hybridized carbons (Fsp3) is 0.130. The van der Waals surface area contributed by atoms with Gasteiger partial charge in [0.2, 0.25) is 0 Å². The number of ketones is 1. The van der Waals surface area contributed by atoms with Crippen molar-refractivity contribution in [3.63, 3.8) is 0 Å². The summed E-state index contributed by atoms with van der Waals surface area (Å²) in [7, 11) is 1.57. The second kappa shape index (κ2) is 8.47. The summed E-state index contributed by atoms with van der Waals surface area (Å²) >= 11 is 1.07. The summed E-state index contributed by atoms with van der Waals surface area (Å²) in [6.07, 6.45) is 0. The number of imidazole rings is 1. The molecule has 0 bridgehead atoms. The predicted molar refractivity (Wildman–Crippen MR) is 114 cm³/mol. The van der Waals surface area contributed by atoms with Gasteiger partial charge < -0.3 is 4.74 Å². The SMILES string of the molecule is COc1ccc(-n2c(SC(C)C(=O)c3c(F)cc(F)cc3F)nc3ccccc32)cc1. The van der Waals surface area contributed by atoms with Crippen molar-refractivity contribution in [2.45, 2.75) is 17.3 Å². The van der Waals surface area contributed by atoms with Crippen molar-refractivity contribution in [3.8, 4) is 11.4 Å². The van der Waals surface area contributed by atoms with E-state index in [0.717, 1.165) is 23.0 Å². The molecule has 0 fully saturated rings. The van der Waals surface area contributed by atoms with Crippen LogP contribution in [-0.4, -0.2) is 27.7 Å². The van der Waals surface area contributed by atoms with Gasteiger partial charge in [0.15, 0.2) is 10.9 Å². The van der Waals surface area contributed by atoms with Crippen LogP contribution >= 0.6 is 11.8 Å². The first kappa shape index (κ1) is 21.0. The van der Waals surface area contributed by atoms with Crippen molar-refractivity contribution < 1.29 is 22.7 Å². The fourth-order valence-electron chi connectivity index (χ4n) is 3.26. The smallest absolute Gasteiger partial charge is 0.181 e. The Kier molecular flexibility index (Phi) is 5.73. The molecule has 1 heterocycles. The van der Waals surface area contributed by atoms with Crippen LogP contribution in [0.4, 0.5) is 13.2 Å². The summed E-state index contributed by atoms with van der Waals surface area (Å²) < 4.78 is 48.5. The van der Waals surface area contributed by atoms with Gasteiger partial charge in [-0.15, -0.1) is 0 Å². The van der Waals surface area contributed by atoms with E-state index in [1.807, 2.05) is 41.0 Å². The molecule has 4 nitrogen and oxygen atoms in total. The molecular weight excluding hydrogens is 425 g/mol. The van der Waals surface area contributed by atoms with Crippen molar-refractivity contribution in [2.24, 2.45) is 0 Å². The number of carbonyl (C=O) groups excluding carboxylic acids is 1. The molecule has 0 spiro atoms. The Hall–Kier alpha value is -3.26. The van der Waals surface area contributed by atoms with Crippen LogP contribution in [0, 0.1) is 17.5 Å². The summed E-state index contributed by atoms with van der Waals surface area (Å²) in [6, 6.07) is 15.8. The molecule has 0 aliphatic carbocycles. The van der Waals surface area contributed by atoms with Gasteiger partial charge >= 0.3 is 0 Å². The number of methoxy groups -OCH3 is 1. The molecule has 1 aromatic heterocycles. The maximum absolute atomic E-state index is 14.1. The van der Waals surface area contributed by atoms with Crippen LogP contribution in [0.1, 0.15) is 17.3 Å². The number of benzene rings is 3. The molecule has 0 radical (unpaired) electrons. The molecular formula is C23H17F3N2O2S. The number of ether oxygens (including phenoxy) is 1. The number of thioether (sulfide) groups is 1. The normalized spacial score (nSPS) is 12.2. The minimum absolute atomic E-state index is 0.482. The van der Waals surface area contributed by atoms with Crippen LogP contribution in [0.2, 0.25) is 0 Å². The van der Waals surface area contributed by atoms with Gasteiger partial charge in [0, 0.05) is 17.8 Å². The lowest BCUT2D eigenvalue weighted by atomic mass is 10.1. The van der Waals surface area contributed by atoms with Gasteiger partial charge in [0.25, 0.3) is 0 Å². The number of nitrogens with zero attached hydrogens (tertiary/aromatic N) is 2. The van der Waals surface area contributed by atoms with Crippen molar-refractivity contribution in [1.82, 2.24) is 9.55 Å². The van der Waals surface area contributed by atoms with E-state index in [-0.39, 0.29) is 0 Å². The predicted octanol–water partition coefficient (Wildman–Crippen LogP) is 5.81. The maximum Gasteiger partial charge on any atom is 0.181 e. The number of hydrogen-bond acceptors (Lipinski definition) is 4. The van der Waals surface area contributed by atoms with Gasteiger partial charge in [0.05, 0.1) is 29.0 Å². The zero-order valence-electron chi connectivity index (χ0n) is 16.6. The lowest BCUT2D eigenvalue weighted by Gasteiger charge is -2.14. The van der Waals surface area contributed by atoms with Gasteiger partial charge in [-0.25, -0.2) is 18.2 Å². The zero-order chi connectivity index (χ0) is 22.1. The number of Topliss-reactive ketones (excluding diaryl/α,β-unsaturated/α-hetero) is 1. The molecule has 0 N–H and O–H groups in total. The monoisotopic (exact) mass is 442 g/mol. The van der Waals surface area contributed by atoms with Crippen molar-refractivity contribution in [1.29, 1.82) is 0 Å². The van der Waals surface area contributed by atoms with Gasteiger partial charge in [0.1, 0.15) is 23.2 Å². The molecule has 1 unspecified atom stereocenters. The van der Waals surface area contributed by atoms with Crippen molar-refractivity contribution in [2.75, 3.05) is 7.11 Å². The minimum Gasteiger partial charge on any atom is -0.497 e. The number of hydrogen-bond donors (Lipinski definition) is 0. The van der Waals surface area contributed by atoms with Crippen LogP contribution in [-0.2, 0) is 0 Å². The Morgan fingerprint density at radius 1 is 1.03 bits per heavy atom. The van der Waals surface area contributed by atoms with E-state index in [1.165, 1.54) is 6.92 Å². The standard InChI is InChI=1S/C23H17F3N2O2S/c1-13(22(29)21-17(25)11-14(24)12-18(21)26)31-23-27-19-5-3-4-6-20(19)28(23)15-7-9-16(30-2)10-8-15/h3-13H,1-2H3. The highest BCUT2D eigenvalue weighted by Gasteiger charge is 2.26. The van der Waals surface area contributed by atoms with Crippen LogP contribution < -0.4 is 4.74 Å². The summed E-state index contributed by atoms with van der Waals surface area (Å²) in [5, 5.41) is -0.390. The van der Waals surface area contributed by atoms with Crippen LogP contribution in [0.25, 0.3) is 16.7 Å². The quantitative estimate of drug-likeness (QED) is 0.279. The van der Waals surface area contributed by atoms with Gasteiger partial charge in [-0.1, -0.05) is 23.9 Å². The van der Waals surface area contributed by atoms with E-state index in [0.29, 0.717) is 28.6 Å². The van der Waals surface area contributed by atoms with E-state index in [2.05, 4.69) is 4.98 Å². The number of rotatable bonds is 6. The molecule has 0 amide bonds. The molecule has 8 heteroatoms. The minimum atomic E-state index is -1.22. The van der Waals surface area contributed by atoms with Gasteiger partial charge in [-0.2, -0.15) is 0 Å². The second-order valence-corrected chi connectivity index (χ2v) is 8.09. The third-order valence-electron chi connectivity index (χ3n) is 4.77. The average Bonchev–Trinajstić information content (AvgIpc) is 3.10. The molecule has 158 valence electrons.